The van der Waals surface area contributed by atoms with Crippen LogP contribution in [0.4, 0.5) is 0 Å². The largest absolute Gasteiger partial charge is 0.309 e. The molecule has 0 radical (unpaired) electrons. The molecule has 0 amide bonds. The summed E-state index contributed by atoms with van der Waals surface area (Å²) in [6.07, 6.45) is 0. The summed E-state index contributed by atoms with van der Waals surface area (Å²) in [5, 5.41) is 16.5. The molecular weight excluding hydrogens is 647 g/mol. The fourth-order valence-electron chi connectivity index (χ4n) is 7.36. The van der Waals surface area contributed by atoms with E-state index < -0.39 is 0 Å². The molecule has 0 N–H and O–H groups in total. The van der Waals surface area contributed by atoms with Crippen LogP contribution < -0.4 is 0 Å². The number of benzene rings is 8. The standard InChI is InChI=1S/C48H29N5/c49-30-31-14-24-44-42(26-31)43-29-38(23-25-45(43)53(44)41-12-2-1-3-13-41)34-15-19-35(20-16-34)46-50-47(39-21-17-32-8-4-6-10-36(32)27-39)52-48(51-46)40-22-18-33-9-5-7-11-37(33)28-40/h1-29H. The number of para-hydroxylation sites is 1. The van der Waals surface area contributed by atoms with Gasteiger partial charge in [-0.3, -0.25) is 0 Å². The van der Waals surface area contributed by atoms with Gasteiger partial charge >= 0.3 is 0 Å². The third-order valence-corrected chi connectivity index (χ3v) is 10.0. The zero-order chi connectivity index (χ0) is 35.3. The molecule has 5 heteroatoms. The van der Waals surface area contributed by atoms with E-state index in [2.05, 4.69) is 162 Å². The van der Waals surface area contributed by atoms with Crippen molar-refractivity contribution in [1.29, 1.82) is 5.26 Å². The number of nitrogens with zero attached hydrogens (tertiary/aromatic N) is 5. The highest BCUT2D eigenvalue weighted by atomic mass is 15.0. The Morgan fingerprint density at radius 3 is 1.45 bits per heavy atom. The van der Waals surface area contributed by atoms with Crippen molar-refractivity contribution in [3.05, 3.63) is 181 Å². The Bertz CT molecular complexity index is 2970. The van der Waals surface area contributed by atoms with E-state index in [1.807, 2.05) is 24.3 Å². The van der Waals surface area contributed by atoms with Gasteiger partial charge < -0.3 is 4.57 Å². The molecule has 2 heterocycles. The lowest BCUT2D eigenvalue weighted by atomic mass is 10.0. The van der Waals surface area contributed by atoms with Gasteiger partial charge in [-0.25, -0.2) is 15.0 Å². The lowest BCUT2D eigenvalue weighted by Crippen LogP contribution is -2.00. The topological polar surface area (TPSA) is 67.4 Å². The van der Waals surface area contributed by atoms with Crippen LogP contribution in [0.5, 0.6) is 0 Å². The molecule has 0 bridgehead atoms. The molecule has 53 heavy (non-hydrogen) atoms. The average molecular weight is 676 g/mol. The molecule has 0 saturated carbocycles. The van der Waals surface area contributed by atoms with E-state index in [4.69, 9.17) is 15.0 Å². The van der Waals surface area contributed by atoms with E-state index in [0.717, 1.165) is 66.1 Å². The monoisotopic (exact) mass is 675 g/mol. The zero-order valence-corrected chi connectivity index (χ0v) is 28.5. The molecule has 2 aromatic heterocycles. The van der Waals surface area contributed by atoms with Crippen LogP contribution >= 0.6 is 0 Å². The zero-order valence-electron chi connectivity index (χ0n) is 28.5. The van der Waals surface area contributed by atoms with Crippen LogP contribution in [-0.4, -0.2) is 19.5 Å². The first-order valence-electron chi connectivity index (χ1n) is 17.6. The summed E-state index contributed by atoms with van der Waals surface area (Å²) < 4.78 is 2.26. The predicted octanol–water partition coefficient (Wildman–Crippen LogP) is 11.8. The Morgan fingerprint density at radius 1 is 0.377 bits per heavy atom. The van der Waals surface area contributed by atoms with Gasteiger partial charge in [-0.15, -0.1) is 0 Å². The van der Waals surface area contributed by atoms with E-state index in [0.29, 0.717) is 23.0 Å². The number of rotatable bonds is 5. The summed E-state index contributed by atoms with van der Waals surface area (Å²) in [7, 11) is 0. The smallest absolute Gasteiger partial charge is 0.164 e. The van der Waals surface area contributed by atoms with E-state index >= 15 is 0 Å². The molecule has 8 aromatic carbocycles. The van der Waals surface area contributed by atoms with Crippen molar-refractivity contribution in [1.82, 2.24) is 19.5 Å². The van der Waals surface area contributed by atoms with E-state index in [1.165, 1.54) is 10.8 Å². The summed E-state index contributed by atoms with van der Waals surface area (Å²) in [6.45, 7) is 0. The molecule has 0 aliphatic heterocycles. The Morgan fingerprint density at radius 2 is 0.849 bits per heavy atom. The van der Waals surface area contributed by atoms with Gasteiger partial charge in [-0.05, 0) is 87.3 Å². The Balaban J connectivity index is 1.08. The number of aromatic nitrogens is 4. The van der Waals surface area contributed by atoms with Gasteiger partial charge in [-0.2, -0.15) is 5.26 Å². The molecule has 0 spiro atoms. The van der Waals surface area contributed by atoms with Crippen LogP contribution in [0.2, 0.25) is 0 Å². The van der Waals surface area contributed by atoms with Crippen LogP contribution in [0.25, 0.3) is 94.3 Å². The fraction of sp³-hybridized carbons (Fsp3) is 0. The normalized spacial score (nSPS) is 11.4. The summed E-state index contributed by atoms with van der Waals surface area (Å²) in [5.74, 6) is 1.87. The summed E-state index contributed by atoms with van der Waals surface area (Å²) in [5.41, 5.74) is 8.82. The first-order valence-corrected chi connectivity index (χ1v) is 17.6. The van der Waals surface area contributed by atoms with Crippen molar-refractivity contribution >= 4 is 43.4 Å². The lowest BCUT2D eigenvalue weighted by Gasteiger charge is -2.10. The van der Waals surface area contributed by atoms with Gasteiger partial charge in [0.2, 0.25) is 0 Å². The number of fused-ring (bicyclic) bond motifs is 5. The second-order valence-electron chi connectivity index (χ2n) is 13.3. The maximum absolute atomic E-state index is 9.72. The second-order valence-corrected chi connectivity index (χ2v) is 13.3. The number of hydrogen-bond donors (Lipinski definition) is 0. The number of hydrogen-bond acceptors (Lipinski definition) is 4. The van der Waals surface area contributed by atoms with Gasteiger partial charge in [0.1, 0.15) is 0 Å². The Hall–Kier alpha value is -7.42. The molecular formula is C48H29N5. The molecule has 0 unspecified atom stereocenters. The molecule has 10 rings (SSSR count). The van der Waals surface area contributed by atoms with Gasteiger partial charge in [0.05, 0.1) is 22.7 Å². The molecule has 0 fully saturated rings. The minimum Gasteiger partial charge on any atom is -0.309 e. The van der Waals surface area contributed by atoms with E-state index in [-0.39, 0.29) is 0 Å². The minimum atomic E-state index is 0.614. The quantitative estimate of drug-likeness (QED) is 0.182. The molecule has 0 aliphatic rings. The van der Waals surface area contributed by atoms with Crippen LogP contribution in [0.1, 0.15) is 5.56 Å². The molecule has 0 saturated heterocycles. The van der Waals surface area contributed by atoms with Crippen LogP contribution in [0, 0.1) is 11.3 Å². The third-order valence-electron chi connectivity index (χ3n) is 10.0. The highest BCUT2D eigenvalue weighted by Gasteiger charge is 2.16. The van der Waals surface area contributed by atoms with Gasteiger partial charge in [-0.1, -0.05) is 121 Å². The second kappa shape index (κ2) is 12.4. The Labute approximate surface area is 305 Å². The van der Waals surface area contributed by atoms with Crippen LogP contribution in [-0.2, 0) is 0 Å². The van der Waals surface area contributed by atoms with Crippen LogP contribution in [0.15, 0.2) is 176 Å². The van der Waals surface area contributed by atoms with Gasteiger partial charge in [0, 0.05) is 33.2 Å². The highest BCUT2D eigenvalue weighted by Crippen LogP contribution is 2.36. The molecule has 0 atom stereocenters. The van der Waals surface area contributed by atoms with Crippen molar-refractivity contribution in [3.8, 4) is 57.0 Å². The van der Waals surface area contributed by atoms with Crippen molar-refractivity contribution in [2.24, 2.45) is 0 Å². The molecule has 246 valence electrons. The lowest BCUT2D eigenvalue weighted by molar-refractivity contribution is 1.08. The van der Waals surface area contributed by atoms with E-state index in [1.54, 1.807) is 0 Å². The maximum Gasteiger partial charge on any atom is 0.164 e. The molecule has 5 nitrogen and oxygen atoms in total. The van der Waals surface area contributed by atoms with Gasteiger partial charge in [0.25, 0.3) is 0 Å². The summed E-state index contributed by atoms with van der Waals surface area (Å²) in [4.78, 5) is 15.1. The highest BCUT2D eigenvalue weighted by molar-refractivity contribution is 6.11. The van der Waals surface area contributed by atoms with Crippen molar-refractivity contribution in [2.75, 3.05) is 0 Å². The van der Waals surface area contributed by atoms with Crippen molar-refractivity contribution in [2.45, 2.75) is 0 Å². The predicted molar refractivity (Wildman–Crippen MR) is 216 cm³/mol. The van der Waals surface area contributed by atoms with Crippen LogP contribution in [0.3, 0.4) is 0 Å². The maximum atomic E-state index is 9.72. The summed E-state index contributed by atoms with van der Waals surface area (Å²) >= 11 is 0. The Kier molecular flexibility index (Phi) is 7.12. The first kappa shape index (κ1) is 30.4. The molecule has 0 aliphatic carbocycles. The van der Waals surface area contributed by atoms with Crippen molar-refractivity contribution < 1.29 is 0 Å². The van der Waals surface area contributed by atoms with Crippen molar-refractivity contribution in [3.63, 3.8) is 0 Å². The fourth-order valence-corrected chi connectivity index (χ4v) is 7.36. The van der Waals surface area contributed by atoms with Gasteiger partial charge in [0.15, 0.2) is 17.5 Å². The third kappa shape index (κ3) is 5.38. The average Bonchev–Trinajstić information content (AvgIpc) is 3.56. The summed E-state index contributed by atoms with van der Waals surface area (Å²) in [6, 6.07) is 62.9. The minimum absolute atomic E-state index is 0.614. The SMILES string of the molecule is N#Cc1ccc2c(c1)c1cc(-c3ccc(-c4nc(-c5ccc6ccccc6c5)nc(-c5ccc6ccccc6c5)n4)cc3)ccc1n2-c1ccccc1. The molecule has 10 aromatic rings. The first-order chi connectivity index (χ1) is 26.2. The van der Waals surface area contributed by atoms with E-state index in [9.17, 15) is 5.26 Å². The number of nitriles is 1.